The SMILES string of the molecule is CC(C)(C)c1c[c-]c2c(c1)-c1cc(C(C)(C)C)ccc1C2.CCCCc1cc(C(C)(C)C)c[cH-]1.C[C](C)=[Zr+2].[Cl-].[Cl-]. The van der Waals surface area contributed by atoms with Crippen LogP contribution < -0.4 is 24.8 Å². The van der Waals surface area contributed by atoms with E-state index in [2.05, 4.69) is 138 Å². The summed E-state index contributed by atoms with van der Waals surface area (Å²) in [6, 6.07) is 22.0. The third-order valence-electron chi connectivity index (χ3n) is 7.03. The third-order valence-corrected chi connectivity index (χ3v) is 7.03. The largest absolute Gasteiger partial charge is 1.00 e. The van der Waals surface area contributed by atoms with Gasteiger partial charge in [-0.1, -0.05) is 129 Å². The van der Waals surface area contributed by atoms with E-state index >= 15 is 0 Å². The fraction of sp³-hybridized carbons (Fsp3) is 0.514. The maximum Gasteiger partial charge on any atom is -1.00 e. The number of hydrogen-bond acceptors (Lipinski definition) is 0. The van der Waals surface area contributed by atoms with E-state index in [0.29, 0.717) is 5.41 Å². The maximum atomic E-state index is 3.53. The van der Waals surface area contributed by atoms with Crippen LogP contribution in [0.1, 0.15) is 129 Å². The van der Waals surface area contributed by atoms with Gasteiger partial charge in [0, 0.05) is 0 Å². The standard InChI is InChI=1S/C21H25.C13H21.C3H6.2ClH.Zr/c1-20(2,3)16-9-7-14-11-15-8-10-17(21(4,5)6)13-19(15)18(14)12-16;1-5-6-7-11-8-9-12(10-11)13(2,3)4;1-3-2;;;/h7,9-10,12-13H,11H2,1-6H3;8-10H,5-7H2,1-4H3;1-2H3;2*1H;/q2*-1;;;;+2/p-2. The summed E-state index contributed by atoms with van der Waals surface area (Å²) < 4.78 is 1.51. The number of hydrogen-bond donors (Lipinski definition) is 0. The van der Waals surface area contributed by atoms with Gasteiger partial charge in [-0.15, -0.1) is 5.56 Å². The van der Waals surface area contributed by atoms with Crippen LogP contribution in [0, 0.1) is 6.07 Å². The number of fused-ring (bicyclic) bond motifs is 3. The third kappa shape index (κ3) is 11.8. The van der Waals surface area contributed by atoms with Gasteiger partial charge in [0.05, 0.1) is 0 Å². The Labute approximate surface area is 274 Å². The van der Waals surface area contributed by atoms with E-state index in [1.807, 2.05) is 0 Å². The minimum atomic E-state index is 0. The van der Waals surface area contributed by atoms with E-state index in [-0.39, 0.29) is 35.6 Å². The van der Waals surface area contributed by atoms with Crippen molar-refractivity contribution in [3.05, 3.63) is 88.0 Å². The molecule has 1 aliphatic carbocycles. The first-order valence-corrected chi connectivity index (χ1v) is 15.6. The van der Waals surface area contributed by atoms with E-state index in [1.165, 1.54) is 67.0 Å². The Kier molecular flexibility index (Phi) is 15.7. The molecule has 4 rings (SSSR count). The molecule has 0 heterocycles. The molecule has 0 nitrogen and oxygen atoms in total. The van der Waals surface area contributed by atoms with E-state index in [1.54, 1.807) is 24.2 Å². The summed E-state index contributed by atoms with van der Waals surface area (Å²) in [4.78, 5) is 0. The zero-order valence-electron chi connectivity index (χ0n) is 27.2. The molecule has 40 heavy (non-hydrogen) atoms. The van der Waals surface area contributed by atoms with Crippen LogP contribution in [-0.2, 0) is 53.3 Å². The second-order valence-corrected chi connectivity index (χ2v) is 16.6. The van der Waals surface area contributed by atoms with Gasteiger partial charge in [-0.05, 0) is 17.4 Å². The molecule has 0 radical (unpaired) electrons. The molecule has 0 fully saturated rings. The summed E-state index contributed by atoms with van der Waals surface area (Å²) in [5, 5.41) is 0. The number of rotatable bonds is 3. The van der Waals surface area contributed by atoms with Gasteiger partial charge in [-0.3, -0.25) is 0 Å². The first kappa shape index (κ1) is 39.1. The summed E-state index contributed by atoms with van der Waals surface area (Å²) in [5.74, 6) is 0. The monoisotopic (exact) mass is 656 g/mol. The van der Waals surface area contributed by atoms with Gasteiger partial charge in [0.1, 0.15) is 0 Å². The minimum absolute atomic E-state index is 0. The van der Waals surface area contributed by atoms with Gasteiger partial charge < -0.3 is 24.8 Å². The molecule has 0 saturated carbocycles. The molecule has 0 unspecified atom stereocenters. The summed E-state index contributed by atoms with van der Waals surface area (Å²) in [6.45, 7) is 26.9. The second kappa shape index (κ2) is 16.1. The molecule has 3 heteroatoms. The predicted octanol–water partition coefficient (Wildman–Crippen LogP) is 4.45. The Morgan fingerprint density at radius 1 is 0.800 bits per heavy atom. The predicted molar refractivity (Wildman–Crippen MR) is 167 cm³/mol. The normalized spacial score (nSPS) is 11.9. The molecule has 0 aliphatic heterocycles. The summed E-state index contributed by atoms with van der Waals surface area (Å²) in [5.41, 5.74) is 12.0. The van der Waals surface area contributed by atoms with Gasteiger partial charge in [-0.25, -0.2) is 6.07 Å². The van der Waals surface area contributed by atoms with Crippen molar-refractivity contribution in [2.24, 2.45) is 0 Å². The van der Waals surface area contributed by atoms with Crippen molar-refractivity contribution in [3.63, 3.8) is 0 Å². The van der Waals surface area contributed by atoms with Crippen LogP contribution in [-0.4, -0.2) is 3.21 Å². The van der Waals surface area contributed by atoms with E-state index in [4.69, 9.17) is 0 Å². The van der Waals surface area contributed by atoms with Crippen LogP contribution in [0.4, 0.5) is 0 Å². The topological polar surface area (TPSA) is 0 Å². The zero-order chi connectivity index (χ0) is 28.9. The Morgan fingerprint density at radius 3 is 1.80 bits per heavy atom. The number of aryl methyl sites for hydroxylation is 1. The van der Waals surface area contributed by atoms with E-state index in [9.17, 15) is 0 Å². The Hall–Kier alpha value is -0.877. The molecule has 0 bridgehead atoms. The molecule has 3 aromatic carbocycles. The van der Waals surface area contributed by atoms with Gasteiger partial charge in [-0.2, -0.15) is 52.6 Å². The van der Waals surface area contributed by atoms with Crippen LogP contribution in [0.5, 0.6) is 0 Å². The average molecular weight is 659 g/mol. The van der Waals surface area contributed by atoms with E-state index in [0.717, 1.165) is 6.42 Å². The van der Waals surface area contributed by atoms with Gasteiger partial charge >= 0.3 is 41.3 Å². The van der Waals surface area contributed by atoms with Crippen molar-refractivity contribution in [2.45, 2.75) is 125 Å². The molecule has 0 saturated heterocycles. The van der Waals surface area contributed by atoms with Crippen molar-refractivity contribution in [3.8, 4) is 11.1 Å². The van der Waals surface area contributed by atoms with E-state index < -0.39 is 0 Å². The molecule has 3 aromatic rings. The zero-order valence-corrected chi connectivity index (χ0v) is 31.2. The first-order valence-electron chi connectivity index (χ1n) is 14.4. The molecule has 0 aromatic heterocycles. The fourth-order valence-corrected chi connectivity index (χ4v) is 4.48. The van der Waals surface area contributed by atoms with Crippen LogP contribution in [0.25, 0.3) is 11.1 Å². The van der Waals surface area contributed by atoms with Crippen molar-refractivity contribution < 1.29 is 49.0 Å². The Morgan fingerprint density at radius 2 is 1.32 bits per heavy atom. The smallest absolute Gasteiger partial charge is 1.00 e. The van der Waals surface area contributed by atoms with Gasteiger partial charge in [0.15, 0.2) is 0 Å². The van der Waals surface area contributed by atoms with Crippen molar-refractivity contribution in [1.29, 1.82) is 0 Å². The van der Waals surface area contributed by atoms with Crippen molar-refractivity contribution >= 4 is 3.21 Å². The Bertz CT molecular complexity index is 1140. The number of unbranched alkanes of at least 4 members (excludes halogenated alkanes) is 1. The molecule has 0 atom stereocenters. The number of benzene rings is 2. The molecule has 0 N–H and O–H groups in total. The fourth-order valence-electron chi connectivity index (χ4n) is 4.48. The van der Waals surface area contributed by atoms with Crippen LogP contribution in [0.3, 0.4) is 0 Å². The summed E-state index contributed by atoms with van der Waals surface area (Å²) in [7, 11) is 0. The van der Waals surface area contributed by atoms with Crippen LogP contribution >= 0.6 is 0 Å². The van der Waals surface area contributed by atoms with Crippen LogP contribution in [0.15, 0.2) is 48.5 Å². The van der Waals surface area contributed by atoms with Crippen LogP contribution in [0.2, 0.25) is 0 Å². The molecule has 0 amide bonds. The van der Waals surface area contributed by atoms with Crippen molar-refractivity contribution in [1.82, 2.24) is 0 Å². The quantitative estimate of drug-likeness (QED) is 0.286. The second-order valence-electron chi connectivity index (χ2n) is 14.2. The first-order chi connectivity index (χ1) is 17.4. The number of halogens is 2. The average Bonchev–Trinajstić information content (AvgIpc) is 3.40. The Balaban J connectivity index is 0.000000692. The van der Waals surface area contributed by atoms with Gasteiger partial charge in [0.2, 0.25) is 0 Å². The molecule has 0 spiro atoms. The van der Waals surface area contributed by atoms with Gasteiger partial charge in [0.25, 0.3) is 0 Å². The molecule has 220 valence electrons. The summed E-state index contributed by atoms with van der Waals surface area (Å²) in [6.07, 6.45) is 4.87. The minimum Gasteiger partial charge on any atom is -1.00 e. The summed E-state index contributed by atoms with van der Waals surface area (Å²) >= 11 is 1.55. The molecule has 1 aliphatic rings. The molecular weight excluding hydrogens is 607 g/mol. The molecular formula is C37H52Cl2Zr-2. The van der Waals surface area contributed by atoms with Crippen molar-refractivity contribution in [2.75, 3.05) is 0 Å². The maximum absolute atomic E-state index is 3.53.